The van der Waals surface area contributed by atoms with E-state index in [9.17, 15) is 0 Å². The zero-order chi connectivity index (χ0) is 18.6. The molecule has 146 valence electrons. The fourth-order valence-electron chi connectivity index (χ4n) is 4.60. The number of benzene rings is 2. The first-order valence-corrected chi connectivity index (χ1v) is 18.7. The van der Waals surface area contributed by atoms with Crippen LogP contribution in [0.4, 0.5) is 0 Å². The fraction of sp³-hybridized carbons (Fsp3) is 0.500. The number of alkyl halides is 1. The molecule has 0 bridgehead atoms. The molecule has 2 heterocycles. The van der Waals surface area contributed by atoms with E-state index in [1.807, 2.05) is 0 Å². The van der Waals surface area contributed by atoms with Crippen molar-refractivity contribution in [3.63, 3.8) is 0 Å². The molecule has 0 radical (unpaired) electrons. The van der Waals surface area contributed by atoms with Gasteiger partial charge in [-0.3, -0.25) is 0 Å². The monoisotopic (exact) mass is 510 g/mol. The van der Waals surface area contributed by atoms with Crippen molar-refractivity contribution >= 4 is 34.1 Å². The summed E-state index contributed by atoms with van der Waals surface area (Å²) in [4.78, 5) is 0. The van der Waals surface area contributed by atoms with Crippen LogP contribution < -0.4 is 0 Å². The molecule has 2 aromatic carbocycles. The molecule has 0 fully saturated rings. The first-order valence-electron chi connectivity index (χ1n) is 10.6. The molecule has 4 rings (SSSR count). The number of hydrogen-bond donors (Lipinski definition) is 0. The van der Waals surface area contributed by atoms with E-state index < -0.39 is 0 Å². The Hall–Kier alpha value is 0.0300. The van der Waals surface area contributed by atoms with Crippen LogP contribution in [0.5, 0.6) is 0 Å². The second-order valence-corrected chi connectivity index (χ2v) is 19.7. The van der Waals surface area contributed by atoms with Crippen molar-refractivity contribution in [2.75, 3.05) is 10.6 Å². The summed E-state index contributed by atoms with van der Waals surface area (Å²) in [6, 6.07) is 19.1. The molecule has 3 unspecified atom stereocenters. The number of hydrogen-bond acceptors (Lipinski definition) is 0. The molecule has 0 saturated carbocycles. The van der Waals surface area contributed by atoms with E-state index in [4.69, 9.17) is 0 Å². The van der Waals surface area contributed by atoms with E-state index in [0.29, 0.717) is 0 Å². The Bertz CT molecular complexity index is 760. The first kappa shape index (κ1) is 20.3. The van der Waals surface area contributed by atoms with Gasteiger partial charge in [-0.25, -0.2) is 0 Å². The van der Waals surface area contributed by atoms with Gasteiger partial charge in [0.05, 0.1) is 0 Å². The maximum atomic E-state index is 2.50. The van der Waals surface area contributed by atoms with Crippen molar-refractivity contribution in [2.24, 2.45) is 0 Å². The van der Waals surface area contributed by atoms with E-state index in [1.54, 1.807) is 26.7 Å². The Balaban J connectivity index is 1.69. The van der Waals surface area contributed by atoms with Crippen molar-refractivity contribution in [3.8, 4) is 0 Å². The molecule has 0 N–H and O–H groups in total. The minimum atomic E-state index is 0.115. The molecule has 0 aliphatic carbocycles. The molecule has 2 aliphatic heterocycles. The Morgan fingerprint density at radius 1 is 0.815 bits per heavy atom. The molecule has 3 heteroatoms. The van der Waals surface area contributed by atoms with E-state index in [2.05, 4.69) is 62.4 Å². The van der Waals surface area contributed by atoms with Crippen molar-refractivity contribution in [1.29, 1.82) is 0 Å². The summed E-state index contributed by atoms with van der Waals surface area (Å²) in [5.41, 5.74) is 8.89. The zero-order valence-corrected chi connectivity index (χ0v) is 20.9. The molecule has 0 amide bonds. The predicted octanol–water partition coefficient (Wildman–Crippen LogP) is 8.68. The molecule has 2 aromatic rings. The quantitative estimate of drug-likeness (QED) is 0.144. The number of fused-ring (bicyclic) bond motifs is 2. The summed E-state index contributed by atoms with van der Waals surface area (Å²) in [5, 5.41) is 0. The second kappa shape index (κ2) is 9.69. The average Bonchev–Trinajstić information content (AvgIpc) is 3.23. The van der Waals surface area contributed by atoms with E-state index >= 15 is 0 Å². The van der Waals surface area contributed by atoms with Crippen molar-refractivity contribution in [1.82, 2.24) is 0 Å². The van der Waals surface area contributed by atoms with Gasteiger partial charge >= 0.3 is 179 Å². The van der Waals surface area contributed by atoms with Gasteiger partial charge in [0.25, 0.3) is 0 Å². The molecule has 0 saturated heterocycles. The topological polar surface area (TPSA) is 0 Å². The summed E-state index contributed by atoms with van der Waals surface area (Å²) < 4.78 is 1.57. The van der Waals surface area contributed by atoms with Crippen LogP contribution in [0.3, 0.4) is 0 Å². The summed E-state index contributed by atoms with van der Waals surface area (Å²) in [7, 11) is 0.115. The summed E-state index contributed by atoms with van der Waals surface area (Å²) >= 11 is 0.156. The molecule has 27 heavy (non-hydrogen) atoms. The molecule has 4 atom stereocenters. The summed E-state index contributed by atoms with van der Waals surface area (Å²) in [6.07, 6.45) is 9.95. The molecule has 0 aromatic heterocycles. The van der Waals surface area contributed by atoms with Gasteiger partial charge in [-0.15, -0.1) is 0 Å². The standard InChI is InChI=1S/C24H33IP2/c1-3-5-15-25-27-18-20-12-8-10-14-22(20)24(27)23-21-13-9-7-11-19(21)17-26(23)16-6-4-2/h7-14,23-25H,3-6,15-18H2,1-2H3/t23?,24?,26-,27?/m1/s1. The van der Waals surface area contributed by atoms with E-state index in [1.165, 1.54) is 44.2 Å². The van der Waals surface area contributed by atoms with Crippen LogP contribution in [0.1, 0.15) is 73.1 Å². The van der Waals surface area contributed by atoms with Crippen LogP contribution in [-0.4, -0.2) is 10.6 Å². The second-order valence-electron chi connectivity index (χ2n) is 7.87. The maximum absolute atomic E-state index is 2.50. The van der Waals surface area contributed by atoms with Crippen LogP contribution in [-0.2, 0) is 12.3 Å². The van der Waals surface area contributed by atoms with Crippen LogP contribution in [0.15, 0.2) is 48.5 Å². The van der Waals surface area contributed by atoms with Crippen LogP contribution in [0.2, 0.25) is 0 Å². The van der Waals surface area contributed by atoms with Gasteiger partial charge in [0, 0.05) is 0 Å². The Kier molecular flexibility index (Phi) is 7.29. The fourth-order valence-corrected chi connectivity index (χ4v) is 21.5. The first-order chi connectivity index (χ1) is 13.3. The average molecular weight is 510 g/mol. The van der Waals surface area contributed by atoms with Gasteiger partial charge < -0.3 is 0 Å². The SMILES string of the molecule is CCCC[IH]P1Cc2ccccc2C1C1c2ccccc2C[P@@]1CCCC. The van der Waals surface area contributed by atoms with Gasteiger partial charge in [-0.05, 0) is 0 Å². The van der Waals surface area contributed by atoms with Crippen molar-refractivity contribution in [3.05, 3.63) is 70.8 Å². The molecule has 2 aliphatic rings. The molecular weight excluding hydrogens is 477 g/mol. The third-order valence-electron chi connectivity index (χ3n) is 6.00. The molecule has 0 nitrogen and oxygen atoms in total. The van der Waals surface area contributed by atoms with Gasteiger partial charge in [0.1, 0.15) is 0 Å². The van der Waals surface area contributed by atoms with Gasteiger partial charge in [0.15, 0.2) is 0 Å². The molecular formula is C24H33IP2. The third-order valence-corrected chi connectivity index (χ3v) is 19.9. The Morgan fingerprint density at radius 3 is 2.15 bits per heavy atom. The van der Waals surface area contributed by atoms with Gasteiger partial charge in [-0.1, -0.05) is 0 Å². The molecule has 0 spiro atoms. The van der Waals surface area contributed by atoms with Crippen LogP contribution in [0.25, 0.3) is 0 Å². The van der Waals surface area contributed by atoms with Crippen molar-refractivity contribution in [2.45, 2.75) is 63.2 Å². The number of halogens is 1. The van der Waals surface area contributed by atoms with Gasteiger partial charge in [0.2, 0.25) is 0 Å². The minimum absolute atomic E-state index is 0.115. The summed E-state index contributed by atoms with van der Waals surface area (Å²) in [5.74, 6) is 0. The van der Waals surface area contributed by atoms with Crippen molar-refractivity contribution < 1.29 is 0 Å². The third kappa shape index (κ3) is 4.31. The predicted molar refractivity (Wildman–Crippen MR) is 135 cm³/mol. The van der Waals surface area contributed by atoms with E-state index in [0.717, 1.165) is 11.3 Å². The Labute approximate surface area is 178 Å². The summed E-state index contributed by atoms with van der Waals surface area (Å²) in [6.45, 7) is 4.72. The normalized spacial score (nSPS) is 26.3. The van der Waals surface area contributed by atoms with Crippen LogP contribution >= 0.6 is 34.1 Å². The van der Waals surface area contributed by atoms with Gasteiger partial charge in [-0.2, -0.15) is 0 Å². The number of rotatable bonds is 8. The van der Waals surface area contributed by atoms with E-state index in [-0.39, 0.29) is 34.1 Å². The number of unbranched alkanes of at least 4 members (excludes halogenated alkanes) is 2. The van der Waals surface area contributed by atoms with Crippen LogP contribution in [0, 0.1) is 0 Å². The zero-order valence-electron chi connectivity index (χ0n) is 16.7. The Morgan fingerprint density at radius 2 is 1.44 bits per heavy atom.